The second-order valence-electron chi connectivity index (χ2n) is 6.37. The Morgan fingerprint density at radius 1 is 1.20 bits per heavy atom. The number of benzene rings is 1. The fourth-order valence-corrected chi connectivity index (χ4v) is 3.98. The van der Waals surface area contributed by atoms with Crippen LogP contribution in [-0.2, 0) is 17.8 Å². The minimum Gasteiger partial charge on any atom is -0.303 e. The van der Waals surface area contributed by atoms with E-state index < -0.39 is 0 Å². The number of carbonyl (C=O) groups is 1. The molecule has 0 spiro atoms. The predicted octanol–water partition coefficient (Wildman–Crippen LogP) is 3.49. The molecular formula is C18H25NO. The first-order chi connectivity index (χ1) is 9.79. The van der Waals surface area contributed by atoms with E-state index in [9.17, 15) is 4.79 Å². The molecule has 108 valence electrons. The second kappa shape index (κ2) is 6.09. The molecule has 1 saturated carbocycles. The first-order valence-corrected chi connectivity index (χ1v) is 8.13. The topological polar surface area (TPSA) is 29.1 Å². The highest BCUT2D eigenvalue weighted by molar-refractivity contribution is 5.87. The highest BCUT2D eigenvalue weighted by Crippen LogP contribution is 2.34. The van der Waals surface area contributed by atoms with Crippen molar-refractivity contribution in [3.05, 3.63) is 35.4 Å². The van der Waals surface area contributed by atoms with Gasteiger partial charge < -0.3 is 5.32 Å². The van der Waals surface area contributed by atoms with E-state index in [1.165, 1.54) is 30.4 Å². The van der Waals surface area contributed by atoms with E-state index in [1.807, 2.05) is 0 Å². The van der Waals surface area contributed by atoms with Gasteiger partial charge in [-0.15, -0.1) is 0 Å². The summed E-state index contributed by atoms with van der Waals surface area (Å²) in [5.74, 6) is 1.40. The van der Waals surface area contributed by atoms with E-state index in [-0.39, 0.29) is 6.04 Å². The minimum absolute atomic E-state index is 0.0436. The Morgan fingerprint density at radius 2 is 1.95 bits per heavy atom. The smallest absolute Gasteiger partial charge is 0.153 e. The predicted molar refractivity (Wildman–Crippen MR) is 81.5 cm³/mol. The molecule has 2 nitrogen and oxygen atoms in total. The molecular weight excluding hydrogens is 246 g/mol. The number of carbonyl (C=O) groups excluding carboxylic acids is 1. The van der Waals surface area contributed by atoms with E-state index in [1.54, 1.807) is 0 Å². The van der Waals surface area contributed by atoms with Crippen LogP contribution >= 0.6 is 0 Å². The molecule has 1 heterocycles. The third kappa shape index (κ3) is 2.67. The molecule has 2 aliphatic rings. The third-order valence-corrected chi connectivity index (χ3v) is 5.22. The first-order valence-electron chi connectivity index (χ1n) is 8.13. The Morgan fingerprint density at radius 3 is 2.75 bits per heavy atom. The van der Waals surface area contributed by atoms with Crippen molar-refractivity contribution >= 4 is 5.78 Å². The van der Waals surface area contributed by atoms with Crippen LogP contribution < -0.4 is 5.32 Å². The highest BCUT2D eigenvalue weighted by Gasteiger charge is 2.35. The summed E-state index contributed by atoms with van der Waals surface area (Å²) in [6, 6.07) is 8.55. The number of Topliss-reactive ketones (excluding diaryl/α,β-unsaturated/α-hetero) is 1. The largest absolute Gasteiger partial charge is 0.303 e. The number of hydrogen-bond donors (Lipinski definition) is 1. The number of nitrogens with one attached hydrogen (secondary N) is 1. The molecule has 3 rings (SSSR count). The van der Waals surface area contributed by atoms with Crippen molar-refractivity contribution in [2.75, 3.05) is 0 Å². The van der Waals surface area contributed by atoms with Crippen molar-refractivity contribution in [3.63, 3.8) is 0 Å². The fourth-order valence-electron chi connectivity index (χ4n) is 3.98. The summed E-state index contributed by atoms with van der Waals surface area (Å²) in [4.78, 5) is 12.9. The van der Waals surface area contributed by atoms with Crippen molar-refractivity contribution in [2.45, 2.75) is 58.0 Å². The van der Waals surface area contributed by atoms with Gasteiger partial charge in [-0.05, 0) is 36.3 Å². The zero-order valence-corrected chi connectivity index (χ0v) is 12.4. The van der Waals surface area contributed by atoms with Crippen LogP contribution in [0.2, 0.25) is 0 Å². The maximum absolute atomic E-state index is 12.9. The number of fused-ring (bicyclic) bond motifs is 1. The Labute approximate surface area is 122 Å². The quantitative estimate of drug-likeness (QED) is 0.912. The van der Waals surface area contributed by atoms with Gasteiger partial charge in [0.25, 0.3) is 0 Å². The van der Waals surface area contributed by atoms with Crippen LogP contribution in [0.5, 0.6) is 0 Å². The monoisotopic (exact) mass is 271 g/mol. The van der Waals surface area contributed by atoms with Gasteiger partial charge in [0.1, 0.15) is 0 Å². The molecule has 1 aromatic rings. The van der Waals surface area contributed by atoms with E-state index in [4.69, 9.17) is 0 Å². The molecule has 0 aromatic heterocycles. The number of rotatable bonds is 3. The lowest BCUT2D eigenvalue weighted by Gasteiger charge is -2.34. The molecule has 0 radical (unpaired) electrons. The highest BCUT2D eigenvalue weighted by atomic mass is 16.1. The molecule has 1 aliphatic heterocycles. The minimum atomic E-state index is 0.0436. The first kappa shape index (κ1) is 13.8. The fraction of sp³-hybridized carbons (Fsp3) is 0.611. The number of ketones is 1. The van der Waals surface area contributed by atoms with E-state index in [2.05, 4.69) is 36.5 Å². The van der Waals surface area contributed by atoms with E-state index >= 15 is 0 Å². The Bertz CT molecular complexity index is 482. The van der Waals surface area contributed by atoms with Gasteiger partial charge in [0.15, 0.2) is 5.78 Å². The van der Waals surface area contributed by atoms with E-state index in [0.717, 1.165) is 25.8 Å². The van der Waals surface area contributed by atoms with Gasteiger partial charge in [-0.2, -0.15) is 0 Å². The van der Waals surface area contributed by atoms with Crippen LogP contribution in [0.3, 0.4) is 0 Å². The molecule has 1 N–H and O–H groups in total. The molecule has 0 bridgehead atoms. The molecule has 2 heteroatoms. The maximum Gasteiger partial charge on any atom is 0.153 e. The van der Waals surface area contributed by atoms with Crippen LogP contribution in [0.4, 0.5) is 0 Å². The van der Waals surface area contributed by atoms with Crippen LogP contribution in [0.1, 0.15) is 50.2 Å². The lowest BCUT2D eigenvalue weighted by Crippen LogP contribution is -2.46. The molecule has 1 fully saturated rings. The van der Waals surface area contributed by atoms with Crippen molar-refractivity contribution in [2.24, 2.45) is 11.8 Å². The average molecular weight is 271 g/mol. The summed E-state index contributed by atoms with van der Waals surface area (Å²) in [5.41, 5.74) is 2.71. The normalized spacial score (nSPS) is 29.8. The van der Waals surface area contributed by atoms with Crippen molar-refractivity contribution in [1.82, 2.24) is 5.32 Å². The molecule has 3 atom stereocenters. The molecule has 3 unspecified atom stereocenters. The summed E-state index contributed by atoms with van der Waals surface area (Å²) in [5, 5.41) is 3.47. The van der Waals surface area contributed by atoms with Gasteiger partial charge in [0.05, 0.1) is 6.04 Å². The van der Waals surface area contributed by atoms with Crippen LogP contribution in [0.25, 0.3) is 0 Å². The van der Waals surface area contributed by atoms with Crippen molar-refractivity contribution < 1.29 is 4.79 Å². The van der Waals surface area contributed by atoms with E-state index in [0.29, 0.717) is 17.6 Å². The molecule has 20 heavy (non-hydrogen) atoms. The Balaban J connectivity index is 1.72. The zero-order chi connectivity index (χ0) is 13.9. The SMILES string of the molecule is CCC1CCCCC1C(=O)C1Cc2ccccc2CN1. The summed E-state index contributed by atoms with van der Waals surface area (Å²) in [7, 11) is 0. The molecule has 1 aromatic carbocycles. The summed E-state index contributed by atoms with van der Waals surface area (Å²) in [6.45, 7) is 3.08. The standard InChI is InChI=1S/C18H25NO/c1-2-13-7-5-6-10-16(13)18(20)17-11-14-8-3-4-9-15(14)12-19-17/h3-4,8-9,13,16-17,19H,2,5-7,10-12H2,1H3. The summed E-state index contributed by atoms with van der Waals surface area (Å²) in [6.07, 6.45) is 6.93. The Kier molecular flexibility index (Phi) is 4.21. The van der Waals surface area contributed by atoms with Gasteiger partial charge in [-0.1, -0.05) is 50.5 Å². The van der Waals surface area contributed by atoms with Crippen LogP contribution in [0, 0.1) is 11.8 Å². The lowest BCUT2D eigenvalue weighted by molar-refractivity contribution is -0.128. The second-order valence-corrected chi connectivity index (χ2v) is 6.37. The van der Waals surface area contributed by atoms with Gasteiger partial charge in [-0.3, -0.25) is 4.79 Å². The molecule has 1 aliphatic carbocycles. The van der Waals surface area contributed by atoms with Gasteiger partial charge in [0.2, 0.25) is 0 Å². The zero-order valence-electron chi connectivity index (χ0n) is 12.4. The number of hydrogen-bond acceptors (Lipinski definition) is 2. The lowest BCUT2D eigenvalue weighted by atomic mass is 9.73. The molecule has 0 saturated heterocycles. The molecule has 0 amide bonds. The summed E-state index contributed by atoms with van der Waals surface area (Å²) < 4.78 is 0. The van der Waals surface area contributed by atoms with Gasteiger partial charge >= 0.3 is 0 Å². The average Bonchev–Trinajstić information content (AvgIpc) is 2.53. The van der Waals surface area contributed by atoms with Crippen molar-refractivity contribution in [3.8, 4) is 0 Å². The van der Waals surface area contributed by atoms with Crippen LogP contribution in [0.15, 0.2) is 24.3 Å². The maximum atomic E-state index is 12.9. The van der Waals surface area contributed by atoms with Gasteiger partial charge in [-0.25, -0.2) is 0 Å². The van der Waals surface area contributed by atoms with Gasteiger partial charge in [0, 0.05) is 12.5 Å². The Hall–Kier alpha value is -1.15. The van der Waals surface area contributed by atoms with Crippen LogP contribution in [-0.4, -0.2) is 11.8 Å². The third-order valence-electron chi connectivity index (χ3n) is 5.22. The summed E-state index contributed by atoms with van der Waals surface area (Å²) >= 11 is 0. The van der Waals surface area contributed by atoms with Crippen molar-refractivity contribution in [1.29, 1.82) is 0 Å².